The zero-order chi connectivity index (χ0) is 22.3. The molecule has 30 heavy (non-hydrogen) atoms. The lowest BCUT2D eigenvalue weighted by molar-refractivity contribution is -0.113. The first-order valence-electron chi connectivity index (χ1n) is 9.93. The number of rotatable bonds is 10. The van der Waals surface area contributed by atoms with Crippen molar-refractivity contribution >= 4 is 39.1 Å². The van der Waals surface area contributed by atoms with Crippen LogP contribution in [0.25, 0.3) is 0 Å². The first-order valence-corrected chi connectivity index (χ1v) is 12.5. The highest BCUT2D eigenvalue weighted by molar-refractivity contribution is 7.99. The van der Waals surface area contributed by atoms with Gasteiger partial charge in [-0.1, -0.05) is 43.7 Å². The van der Waals surface area contributed by atoms with Gasteiger partial charge in [-0.3, -0.25) is 4.79 Å². The molecule has 0 aliphatic rings. The Morgan fingerprint density at radius 1 is 1.07 bits per heavy atom. The first-order chi connectivity index (χ1) is 14.2. The summed E-state index contributed by atoms with van der Waals surface area (Å²) in [5.74, 6) is 0.868. The van der Waals surface area contributed by atoms with Crippen LogP contribution >= 0.6 is 11.8 Å². The Hall–Kier alpha value is -2.03. The number of aryl methyl sites for hydroxylation is 1. The number of benzene rings is 2. The maximum atomic E-state index is 12.9. The normalized spacial score (nSPS) is 11.5. The third-order valence-electron chi connectivity index (χ3n) is 4.65. The van der Waals surface area contributed by atoms with Crippen molar-refractivity contribution in [2.75, 3.05) is 43.2 Å². The lowest BCUT2D eigenvalue weighted by Gasteiger charge is -2.22. The van der Waals surface area contributed by atoms with E-state index in [9.17, 15) is 13.2 Å². The van der Waals surface area contributed by atoms with Gasteiger partial charge in [-0.05, 0) is 30.7 Å². The zero-order valence-electron chi connectivity index (χ0n) is 18.3. The lowest BCUT2D eigenvalue weighted by atomic mass is 10.2. The number of nitrogens with zero attached hydrogens (tertiary/aromatic N) is 2. The molecule has 2 aromatic rings. The number of amides is 1. The van der Waals surface area contributed by atoms with Crippen LogP contribution in [-0.2, 0) is 20.6 Å². The Balaban J connectivity index is 2.15. The van der Waals surface area contributed by atoms with Gasteiger partial charge in [-0.2, -0.15) is 4.31 Å². The summed E-state index contributed by atoms with van der Waals surface area (Å²) in [5.41, 5.74) is 3.62. The highest BCUT2D eigenvalue weighted by atomic mass is 32.2. The average molecular weight is 450 g/mol. The standard InChI is InChI=1S/C22H31N3O3S2/c1-6-25(7-2)30(27,28)19-11-12-21(24(4)5)20(14-19)23-22(26)16-29-15-18-10-8-9-17(3)13-18/h8-14H,6-7,15-16H2,1-5H3,(H,23,26). The molecule has 2 rings (SSSR count). The van der Waals surface area contributed by atoms with Crippen LogP contribution < -0.4 is 10.2 Å². The maximum Gasteiger partial charge on any atom is 0.243 e. The molecule has 2 aromatic carbocycles. The Labute approximate surface area is 184 Å². The molecule has 1 N–H and O–H groups in total. The summed E-state index contributed by atoms with van der Waals surface area (Å²) in [5, 5.41) is 2.89. The Kier molecular flexibility index (Phi) is 8.76. The van der Waals surface area contributed by atoms with E-state index in [0.717, 1.165) is 11.4 Å². The molecule has 1 amide bonds. The molecule has 0 bridgehead atoms. The minimum atomic E-state index is -3.60. The topological polar surface area (TPSA) is 69.7 Å². The van der Waals surface area contributed by atoms with E-state index < -0.39 is 10.0 Å². The molecule has 0 aromatic heterocycles. The molecule has 0 fully saturated rings. The summed E-state index contributed by atoms with van der Waals surface area (Å²) in [6.45, 7) is 6.45. The van der Waals surface area contributed by atoms with E-state index in [4.69, 9.17) is 0 Å². The molecular weight excluding hydrogens is 418 g/mol. The minimum Gasteiger partial charge on any atom is -0.376 e. The molecule has 0 saturated heterocycles. The van der Waals surface area contributed by atoms with Crippen molar-refractivity contribution < 1.29 is 13.2 Å². The summed E-state index contributed by atoms with van der Waals surface area (Å²) in [7, 11) is 0.114. The van der Waals surface area contributed by atoms with Gasteiger partial charge in [0.2, 0.25) is 15.9 Å². The lowest BCUT2D eigenvalue weighted by Crippen LogP contribution is -2.30. The summed E-state index contributed by atoms with van der Waals surface area (Å²) < 4.78 is 27.1. The van der Waals surface area contributed by atoms with Crippen LogP contribution in [-0.4, -0.2) is 51.6 Å². The molecule has 8 heteroatoms. The predicted molar refractivity (Wildman–Crippen MR) is 127 cm³/mol. The Morgan fingerprint density at radius 2 is 1.77 bits per heavy atom. The van der Waals surface area contributed by atoms with Gasteiger partial charge in [-0.15, -0.1) is 11.8 Å². The minimum absolute atomic E-state index is 0.159. The Morgan fingerprint density at radius 3 is 2.37 bits per heavy atom. The van der Waals surface area contributed by atoms with Gasteiger partial charge in [0.1, 0.15) is 0 Å². The smallest absolute Gasteiger partial charge is 0.243 e. The second-order valence-corrected chi connectivity index (χ2v) is 10.1. The quantitative estimate of drug-likeness (QED) is 0.594. The van der Waals surface area contributed by atoms with E-state index in [1.54, 1.807) is 18.2 Å². The molecule has 0 unspecified atom stereocenters. The predicted octanol–water partition coefficient (Wildman–Crippen LogP) is 3.96. The fourth-order valence-corrected chi connectivity index (χ4v) is 5.39. The van der Waals surface area contributed by atoms with Crippen LogP contribution in [0, 0.1) is 6.92 Å². The number of nitrogens with one attached hydrogen (secondary N) is 1. The van der Waals surface area contributed by atoms with Crippen molar-refractivity contribution in [3.63, 3.8) is 0 Å². The number of anilines is 2. The number of sulfonamides is 1. The van der Waals surface area contributed by atoms with Crippen LogP contribution in [0.1, 0.15) is 25.0 Å². The third kappa shape index (κ3) is 6.23. The number of thioether (sulfide) groups is 1. The Bertz CT molecular complexity index is 971. The van der Waals surface area contributed by atoms with Crippen molar-refractivity contribution in [3.8, 4) is 0 Å². The van der Waals surface area contributed by atoms with Crippen molar-refractivity contribution in [1.82, 2.24) is 4.31 Å². The number of hydrogen-bond acceptors (Lipinski definition) is 5. The van der Waals surface area contributed by atoms with E-state index >= 15 is 0 Å². The highest BCUT2D eigenvalue weighted by Crippen LogP contribution is 2.29. The van der Waals surface area contributed by atoms with Crippen LogP contribution in [0.4, 0.5) is 11.4 Å². The summed E-state index contributed by atoms with van der Waals surface area (Å²) in [4.78, 5) is 14.6. The molecule has 6 nitrogen and oxygen atoms in total. The number of hydrogen-bond donors (Lipinski definition) is 1. The van der Waals surface area contributed by atoms with Crippen molar-refractivity contribution in [1.29, 1.82) is 0 Å². The summed E-state index contributed by atoms with van der Waals surface area (Å²) >= 11 is 1.53. The van der Waals surface area contributed by atoms with Crippen LogP contribution in [0.3, 0.4) is 0 Å². The van der Waals surface area contributed by atoms with E-state index in [1.165, 1.54) is 27.2 Å². The van der Waals surface area contributed by atoms with Gasteiger partial charge in [-0.25, -0.2) is 8.42 Å². The van der Waals surface area contributed by atoms with Crippen LogP contribution in [0.2, 0.25) is 0 Å². The van der Waals surface area contributed by atoms with E-state index in [0.29, 0.717) is 18.8 Å². The molecule has 0 aliphatic heterocycles. The SMILES string of the molecule is CCN(CC)S(=O)(=O)c1ccc(N(C)C)c(NC(=O)CSCc2cccc(C)c2)c1. The molecule has 0 saturated carbocycles. The molecule has 0 aliphatic carbocycles. The van der Waals surface area contributed by atoms with E-state index in [-0.39, 0.29) is 16.6 Å². The molecule has 164 valence electrons. The van der Waals surface area contributed by atoms with Gasteiger partial charge in [0.15, 0.2) is 0 Å². The second-order valence-electron chi connectivity index (χ2n) is 7.19. The fraction of sp³-hybridized carbons (Fsp3) is 0.409. The highest BCUT2D eigenvalue weighted by Gasteiger charge is 2.23. The zero-order valence-corrected chi connectivity index (χ0v) is 19.9. The fourth-order valence-electron chi connectivity index (χ4n) is 3.13. The second kappa shape index (κ2) is 10.8. The van der Waals surface area contributed by atoms with Crippen molar-refractivity contribution in [3.05, 3.63) is 53.6 Å². The van der Waals surface area contributed by atoms with Crippen LogP contribution in [0.5, 0.6) is 0 Å². The van der Waals surface area contributed by atoms with Gasteiger partial charge in [0.25, 0.3) is 0 Å². The van der Waals surface area contributed by atoms with Gasteiger partial charge >= 0.3 is 0 Å². The number of carbonyl (C=O) groups excluding carboxylic acids is 1. The maximum absolute atomic E-state index is 12.9. The monoisotopic (exact) mass is 449 g/mol. The summed E-state index contributed by atoms with van der Waals surface area (Å²) in [6, 6.07) is 13.1. The van der Waals surface area contributed by atoms with E-state index in [1.807, 2.05) is 58.0 Å². The van der Waals surface area contributed by atoms with Gasteiger partial charge in [0.05, 0.1) is 22.0 Å². The first kappa shape index (κ1) is 24.2. The van der Waals surface area contributed by atoms with Crippen molar-refractivity contribution in [2.24, 2.45) is 0 Å². The number of carbonyl (C=O) groups is 1. The third-order valence-corrected chi connectivity index (χ3v) is 7.70. The van der Waals surface area contributed by atoms with E-state index in [2.05, 4.69) is 11.4 Å². The van der Waals surface area contributed by atoms with Crippen molar-refractivity contribution in [2.45, 2.75) is 31.4 Å². The molecular formula is C22H31N3O3S2. The molecule has 0 radical (unpaired) electrons. The van der Waals surface area contributed by atoms with Gasteiger partial charge in [0, 0.05) is 32.9 Å². The molecule has 0 spiro atoms. The largest absolute Gasteiger partial charge is 0.376 e. The average Bonchev–Trinajstić information content (AvgIpc) is 2.68. The van der Waals surface area contributed by atoms with Gasteiger partial charge < -0.3 is 10.2 Å². The van der Waals surface area contributed by atoms with Crippen LogP contribution in [0.15, 0.2) is 47.4 Å². The summed E-state index contributed by atoms with van der Waals surface area (Å²) in [6.07, 6.45) is 0. The molecule has 0 heterocycles. The molecule has 0 atom stereocenters.